The molecule has 0 spiro atoms. The molecule has 62 valence electrons. The van der Waals surface area contributed by atoms with Crippen LogP contribution in [0.1, 0.15) is 6.92 Å². The summed E-state index contributed by atoms with van der Waals surface area (Å²) in [5.41, 5.74) is 3.32. The second-order valence-electron chi connectivity index (χ2n) is 2.70. The lowest BCUT2D eigenvalue weighted by Crippen LogP contribution is -2.18. The highest BCUT2D eigenvalue weighted by atomic mass is 19.2. The predicted octanol–water partition coefficient (Wildman–Crippen LogP) is 1.67. The Kier molecular flexibility index (Phi) is 2.30. The van der Waals surface area contributed by atoms with E-state index in [9.17, 15) is 8.78 Å². The predicted molar refractivity (Wildman–Crippen MR) is 39.7 cm³/mol. The third kappa shape index (κ3) is 1.60. The maximum absolute atomic E-state index is 12.6. The van der Waals surface area contributed by atoms with E-state index in [2.05, 4.69) is 12.3 Å². The second-order valence-corrected chi connectivity index (χ2v) is 2.70. The van der Waals surface area contributed by atoms with Crippen molar-refractivity contribution in [2.24, 2.45) is 0 Å². The molecule has 3 heteroatoms. The van der Waals surface area contributed by atoms with Crippen molar-refractivity contribution in [2.45, 2.75) is 19.3 Å². The number of allylic oxidation sites excluding steroid dienone is 1. The van der Waals surface area contributed by atoms with Gasteiger partial charge in [0.2, 0.25) is 0 Å². The van der Waals surface area contributed by atoms with E-state index in [0.29, 0.717) is 5.70 Å². The summed E-state index contributed by atoms with van der Waals surface area (Å²) in [5, 5.41) is 0. The molecule has 0 aliphatic carbocycles. The molecule has 1 aliphatic rings. The van der Waals surface area contributed by atoms with Crippen LogP contribution in [0.3, 0.4) is 0 Å². The third-order valence-corrected chi connectivity index (χ3v) is 1.91. The number of alkyl halides is 2. The SMILES string of the molecule is C=C=C(C)N1CC(F)C(F)C1. The van der Waals surface area contributed by atoms with Crippen molar-refractivity contribution >= 4 is 0 Å². The molecule has 1 aliphatic heterocycles. The highest BCUT2D eigenvalue weighted by Gasteiger charge is 2.32. The first kappa shape index (κ1) is 8.28. The quantitative estimate of drug-likeness (QED) is 0.526. The fourth-order valence-corrected chi connectivity index (χ4v) is 1.11. The summed E-state index contributed by atoms with van der Waals surface area (Å²) in [4.78, 5) is 1.61. The Morgan fingerprint density at radius 1 is 1.45 bits per heavy atom. The minimum atomic E-state index is -1.35. The maximum atomic E-state index is 12.6. The van der Waals surface area contributed by atoms with Crippen molar-refractivity contribution in [3.8, 4) is 0 Å². The van der Waals surface area contributed by atoms with Crippen LogP contribution < -0.4 is 0 Å². The summed E-state index contributed by atoms with van der Waals surface area (Å²) in [6.45, 7) is 5.42. The smallest absolute Gasteiger partial charge is 0.150 e. The van der Waals surface area contributed by atoms with E-state index in [-0.39, 0.29) is 13.1 Å². The molecule has 1 rings (SSSR count). The first-order valence-electron chi connectivity index (χ1n) is 3.55. The zero-order valence-corrected chi connectivity index (χ0v) is 6.48. The molecule has 0 amide bonds. The van der Waals surface area contributed by atoms with Crippen LogP contribution in [0.25, 0.3) is 0 Å². The zero-order valence-electron chi connectivity index (χ0n) is 6.48. The number of halogens is 2. The lowest BCUT2D eigenvalue weighted by molar-refractivity contribution is 0.217. The molecule has 0 bridgehead atoms. The van der Waals surface area contributed by atoms with Gasteiger partial charge in [0.05, 0.1) is 18.8 Å². The molecule has 0 saturated carbocycles. The van der Waals surface area contributed by atoms with Crippen LogP contribution in [0.5, 0.6) is 0 Å². The van der Waals surface area contributed by atoms with Gasteiger partial charge in [-0.2, -0.15) is 0 Å². The van der Waals surface area contributed by atoms with Crippen LogP contribution in [-0.2, 0) is 0 Å². The first-order valence-corrected chi connectivity index (χ1v) is 3.55. The highest BCUT2D eigenvalue weighted by molar-refractivity contribution is 5.00. The van der Waals surface area contributed by atoms with Crippen LogP contribution in [-0.4, -0.2) is 30.3 Å². The minimum Gasteiger partial charge on any atom is -0.363 e. The molecular formula is C8H11F2N. The number of likely N-dealkylation sites (tertiary alicyclic amines) is 1. The number of hydrogen-bond acceptors (Lipinski definition) is 1. The van der Waals surface area contributed by atoms with E-state index in [4.69, 9.17) is 0 Å². The monoisotopic (exact) mass is 159 g/mol. The van der Waals surface area contributed by atoms with Crippen molar-refractivity contribution in [2.75, 3.05) is 13.1 Å². The van der Waals surface area contributed by atoms with Crippen LogP contribution >= 0.6 is 0 Å². The molecular weight excluding hydrogens is 148 g/mol. The Morgan fingerprint density at radius 2 is 1.91 bits per heavy atom. The van der Waals surface area contributed by atoms with E-state index < -0.39 is 12.3 Å². The lowest BCUT2D eigenvalue weighted by atomic mass is 10.3. The summed E-state index contributed by atoms with van der Waals surface area (Å²) in [7, 11) is 0. The molecule has 0 radical (unpaired) electrons. The molecule has 0 aromatic heterocycles. The number of hydrogen-bond donors (Lipinski definition) is 0. The Bertz CT molecular complexity index is 186. The maximum Gasteiger partial charge on any atom is 0.150 e. The van der Waals surface area contributed by atoms with Gasteiger partial charge in [0.25, 0.3) is 0 Å². The zero-order chi connectivity index (χ0) is 8.43. The Morgan fingerprint density at radius 3 is 2.27 bits per heavy atom. The first-order chi connectivity index (χ1) is 5.15. The van der Waals surface area contributed by atoms with Crippen molar-refractivity contribution in [1.29, 1.82) is 0 Å². The van der Waals surface area contributed by atoms with Gasteiger partial charge < -0.3 is 4.90 Å². The molecule has 0 N–H and O–H groups in total. The molecule has 11 heavy (non-hydrogen) atoms. The normalized spacial score (nSPS) is 30.3. The largest absolute Gasteiger partial charge is 0.363 e. The molecule has 1 saturated heterocycles. The van der Waals surface area contributed by atoms with Crippen molar-refractivity contribution in [1.82, 2.24) is 4.90 Å². The van der Waals surface area contributed by atoms with E-state index in [1.165, 1.54) is 0 Å². The van der Waals surface area contributed by atoms with Crippen molar-refractivity contribution < 1.29 is 8.78 Å². The summed E-state index contributed by atoms with van der Waals surface area (Å²) in [6, 6.07) is 0. The molecule has 0 aromatic rings. The summed E-state index contributed by atoms with van der Waals surface area (Å²) in [6.07, 6.45) is -2.70. The highest BCUT2D eigenvalue weighted by Crippen LogP contribution is 2.19. The molecule has 2 unspecified atom stereocenters. The van der Waals surface area contributed by atoms with Gasteiger partial charge in [-0.25, -0.2) is 8.78 Å². The van der Waals surface area contributed by atoms with Gasteiger partial charge in [-0.1, -0.05) is 6.58 Å². The fraction of sp³-hybridized carbons (Fsp3) is 0.625. The Hall–Kier alpha value is -0.820. The summed E-state index contributed by atoms with van der Waals surface area (Å²) < 4.78 is 25.2. The second kappa shape index (κ2) is 3.05. The summed E-state index contributed by atoms with van der Waals surface area (Å²) >= 11 is 0. The van der Waals surface area contributed by atoms with Gasteiger partial charge in [-0.05, 0) is 6.92 Å². The molecule has 1 fully saturated rings. The van der Waals surface area contributed by atoms with Crippen molar-refractivity contribution in [3.63, 3.8) is 0 Å². The average Bonchev–Trinajstić information content (AvgIpc) is 2.31. The third-order valence-electron chi connectivity index (χ3n) is 1.91. The Labute approximate surface area is 65.0 Å². The van der Waals surface area contributed by atoms with Gasteiger partial charge in [0, 0.05) is 0 Å². The Balaban J connectivity index is 2.60. The molecule has 1 heterocycles. The lowest BCUT2D eigenvalue weighted by Gasteiger charge is -2.14. The fourth-order valence-electron chi connectivity index (χ4n) is 1.11. The van der Waals surface area contributed by atoms with Gasteiger partial charge >= 0.3 is 0 Å². The standard InChI is InChI=1S/C8H11F2N/c1-3-6(2)11-4-7(9)8(10)5-11/h7-8H,1,4-5H2,2H3. The van der Waals surface area contributed by atoms with E-state index in [1.807, 2.05) is 0 Å². The molecule has 0 aromatic carbocycles. The molecule has 1 nitrogen and oxygen atoms in total. The molecule has 2 atom stereocenters. The van der Waals surface area contributed by atoms with E-state index in [0.717, 1.165) is 0 Å². The summed E-state index contributed by atoms with van der Waals surface area (Å²) in [5.74, 6) is 0. The van der Waals surface area contributed by atoms with Gasteiger partial charge in [0.1, 0.15) is 0 Å². The van der Waals surface area contributed by atoms with E-state index >= 15 is 0 Å². The van der Waals surface area contributed by atoms with Crippen LogP contribution in [0.2, 0.25) is 0 Å². The number of nitrogens with zero attached hydrogens (tertiary/aromatic N) is 1. The van der Waals surface area contributed by atoms with Crippen LogP contribution in [0.4, 0.5) is 8.78 Å². The minimum absolute atomic E-state index is 0.134. The van der Waals surface area contributed by atoms with E-state index in [1.54, 1.807) is 11.8 Å². The van der Waals surface area contributed by atoms with Crippen molar-refractivity contribution in [3.05, 3.63) is 18.0 Å². The topological polar surface area (TPSA) is 3.24 Å². The van der Waals surface area contributed by atoms with Gasteiger partial charge in [0.15, 0.2) is 12.3 Å². The number of rotatable bonds is 1. The van der Waals surface area contributed by atoms with Gasteiger partial charge in [-0.15, -0.1) is 5.73 Å². The van der Waals surface area contributed by atoms with Gasteiger partial charge in [-0.3, -0.25) is 0 Å². The van der Waals surface area contributed by atoms with Crippen LogP contribution in [0, 0.1) is 0 Å². The van der Waals surface area contributed by atoms with Crippen LogP contribution in [0.15, 0.2) is 18.0 Å². The average molecular weight is 159 g/mol.